The first-order valence-corrected chi connectivity index (χ1v) is 12.3. The summed E-state index contributed by atoms with van der Waals surface area (Å²) in [6, 6.07) is 12.1. The fourth-order valence-corrected chi connectivity index (χ4v) is 2.04. The summed E-state index contributed by atoms with van der Waals surface area (Å²) in [4.78, 5) is 13.3. The normalized spacial score (nSPS) is 12.1. The molecule has 0 radical (unpaired) electrons. The van der Waals surface area contributed by atoms with Crippen molar-refractivity contribution in [1.82, 2.24) is 19.8 Å². The number of pyridine rings is 2. The molecule has 0 atom stereocenters. The molecule has 0 aromatic carbocycles. The monoisotopic (exact) mass is 624 g/mol. The molecule has 0 N–H and O–H groups in total. The van der Waals surface area contributed by atoms with Crippen molar-refractivity contribution in [2.75, 3.05) is 27.2 Å². The van der Waals surface area contributed by atoms with Crippen molar-refractivity contribution in [2.24, 2.45) is 0 Å². The number of aromatic nitrogens is 2. The predicted octanol–water partition coefficient (Wildman–Crippen LogP) is 2.14. The molecule has 2 aromatic rings. The van der Waals surface area contributed by atoms with Gasteiger partial charge in [-0.3, -0.25) is 19.8 Å². The van der Waals surface area contributed by atoms with Gasteiger partial charge in [-0.05, 0) is 38.4 Å². The van der Waals surface area contributed by atoms with E-state index in [9.17, 15) is 26.3 Å². The number of alkyl halides is 6. The zero-order valence-electron chi connectivity index (χ0n) is 19.1. The SMILES string of the molecule is CN(CCN(C)Cc1ccccn1)Cc1ccccn1.O=S(=O)([O-])C(F)(F)F.O=S(=O)([O-])C(F)(F)F.[Fe+2]. The molecule has 10 nitrogen and oxygen atoms in total. The van der Waals surface area contributed by atoms with Crippen LogP contribution < -0.4 is 0 Å². The van der Waals surface area contributed by atoms with Crippen LogP contribution in [0.5, 0.6) is 0 Å². The van der Waals surface area contributed by atoms with Gasteiger partial charge in [0.15, 0.2) is 20.2 Å². The van der Waals surface area contributed by atoms with E-state index in [0.717, 1.165) is 37.6 Å². The van der Waals surface area contributed by atoms with E-state index in [4.69, 9.17) is 25.9 Å². The second kappa shape index (κ2) is 16.2. The molecule has 2 aromatic heterocycles. The van der Waals surface area contributed by atoms with Crippen LogP contribution in [-0.2, 0) is 50.4 Å². The molecule has 0 bridgehead atoms. The van der Waals surface area contributed by atoms with Crippen molar-refractivity contribution in [1.29, 1.82) is 0 Å². The molecule has 0 spiro atoms. The Morgan fingerprint density at radius 2 is 0.973 bits per heavy atom. The number of halogens is 6. The smallest absolute Gasteiger partial charge is 0.741 e. The second-order valence-corrected chi connectivity index (χ2v) is 9.66. The van der Waals surface area contributed by atoms with Gasteiger partial charge >= 0.3 is 28.1 Å². The van der Waals surface area contributed by atoms with Crippen LogP contribution in [0.2, 0.25) is 0 Å². The third-order valence-electron chi connectivity index (χ3n) is 3.75. The zero-order chi connectivity index (χ0) is 28.2. The van der Waals surface area contributed by atoms with E-state index in [1.807, 2.05) is 36.7 Å². The summed E-state index contributed by atoms with van der Waals surface area (Å²) in [5.74, 6) is 0. The molecule has 2 heterocycles. The van der Waals surface area contributed by atoms with Crippen LogP contribution in [0.1, 0.15) is 11.4 Å². The first-order chi connectivity index (χ1) is 16.2. The summed E-state index contributed by atoms with van der Waals surface area (Å²) in [7, 11) is -7.92. The Morgan fingerprint density at radius 3 is 1.16 bits per heavy atom. The molecule has 0 saturated carbocycles. The van der Waals surface area contributed by atoms with Crippen molar-refractivity contribution in [3.8, 4) is 0 Å². The molecular formula is C18H22F6FeN4O6S2. The van der Waals surface area contributed by atoms with E-state index < -0.39 is 31.3 Å². The van der Waals surface area contributed by atoms with Crippen molar-refractivity contribution < 1.29 is 69.4 Å². The van der Waals surface area contributed by atoms with Gasteiger partial charge in [0.1, 0.15) is 0 Å². The van der Waals surface area contributed by atoms with E-state index >= 15 is 0 Å². The third-order valence-corrected chi connectivity index (χ3v) is 4.88. The van der Waals surface area contributed by atoms with E-state index in [2.05, 4.69) is 46.0 Å². The van der Waals surface area contributed by atoms with E-state index in [0.29, 0.717) is 0 Å². The maximum Gasteiger partial charge on any atom is 2.00 e. The summed E-state index contributed by atoms with van der Waals surface area (Å²) in [5.41, 5.74) is -9.07. The van der Waals surface area contributed by atoms with Crippen LogP contribution in [0.4, 0.5) is 26.3 Å². The van der Waals surface area contributed by atoms with E-state index in [1.165, 1.54) is 0 Å². The quantitative estimate of drug-likeness (QED) is 0.194. The first-order valence-electron chi connectivity index (χ1n) is 9.45. The second-order valence-electron chi connectivity index (χ2n) is 6.92. The number of hydrogen-bond donors (Lipinski definition) is 0. The number of likely N-dealkylation sites (N-methyl/N-ethyl adjacent to an activating group) is 2. The fraction of sp³-hybridized carbons (Fsp3) is 0.444. The zero-order valence-corrected chi connectivity index (χ0v) is 21.9. The molecule has 0 amide bonds. The average Bonchev–Trinajstić information content (AvgIpc) is 2.72. The van der Waals surface area contributed by atoms with Gasteiger partial charge in [0.05, 0.1) is 11.4 Å². The molecule has 0 aliphatic heterocycles. The van der Waals surface area contributed by atoms with Crippen LogP contribution in [0.15, 0.2) is 48.8 Å². The van der Waals surface area contributed by atoms with Gasteiger partial charge in [-0.25, -0.2) is 16.8 Å². The van der Waals surface area contributed by atoms with Gasteiger partial charge in [0, 0.05) is 38.6 Å². The Labute approximate surface area is 220 Å². The Morgan fingerprint density at radius 1 is 0.703 bits per heavy atom. The Balaban J connectivity index is 0. The number of nitrogens with zero attached hydrogens (tertiary/aromatic N) is 4. The standard InChI is InChI=1S/C16H22N4.2CHF3O3S.Fe/c1-19(13-15-7-3-5-9-17-15)11-12-20(2)14-16-8-4-6-10-18-16;2*2-1(3,4)8(5,6)7;/h3-10H,11-14H2,1-2H3;2*(H,5,6,7);/q;;;+2/p-2. The maximum atomic E-state index is 10.7. The van der Waals surface area contributed by atoms with Crippen LogP contribution in [-0.4, -0.2) is 83.9 Å². The number of hydrogen-bond acceptors (Lipinski definition) is 10. The van der Waals surface area contributed by atoms with Crippen molar-refractivity contribution >= 4 is 20.2 Å². The molecule has 19 heteroatoms. The minimum absolute atomic E-state index is 0. The Kier molecular flexibility index (Phi) is 16.3. The predicted molar refractivity (Wildman–Crippen MR) is 113 cm³/mol. The van der Waals surface area contributed by atoms with Crippen molar-refractivity contribution in [2.45, 2.75) is 24.1 Å². The first kappa shape index (κ1) is 37.3. The topological polar surface area (TPSA) is 147 Å². The molecule has 0 unspecified atom stereocenters. The van der Waals surface area contributed by atoms with Gasteiger partial charge in [-0.1, -0.05) is 12.1 Å². The molecule has 212 valence electrons. The molecular weight excluding hydrogens is 602 g/mol. The molecule has 2 rings (SSSR count). The minimum atomic E-state index is -6.09. The molecule has 0 aliphatic rings. The van der Waals surface area contributed by atoms with Crippen LogP contribution in [0.3, 0.4) is 0 Å². The Hall–Kier alpha value is -1.86. The van der Waals surface area contributed by atoms with Crippen LogP contribution in [0, 0.1) is 0 Å². The average molecular weight is 624 g/mol. The van der Waals surface area contributed by atoms with E-state index in [1.54, 1.807) is 0 Å². The number of rotatable bonds is 7. The van der Waals surface area contributed by atoms with Gasteiger partial charge < -0.3 is 9.11 Å². The summed E-state index contributed by atoms with van der Waals surface area (Å²) < 4.78 is 118. The molecule has 37 heavy (non-hydrogen) atoms. The molecule has 0 aliphatic carbocycles. The van der Waals surface area contributed by atoms with Gasteiger partial charge in [-0.2, -0.15) is 26.3 Å². The van der Waals surface area contributed by atoms with Gasteiger partial charge in [0.2, 0.25) is 0 Å². The summed E-state index contributed by atoms with van der Waals surface area (Å²) in [5, 5.41) is 0. The van der Waals surface area contributed by atoms with E-state index in [-0.39, 0.29) is 17.1 Å². The van der Waals surface area contributed by atoms with Gasteiger partial charge in [-0.15, -0.1) is 0 Å². The Bertz CT molecular complexity index is 1020. The summed E-state index contributed by atoms with van der Waals surface area (Å²) in [6.07, 6.45) is 3.69. The largest absolute Gasteiger partial charge is 2.00 e. The van der Waals surface area contributed by atoms with Crippen molar-refractivity contribution in [3.63, 3.8) is 0 Å². The summed E-state index contributed by atoms with van der Waals surface area (Å²) >= 11 is 0. The fourth-order valence-electron chi connectivity index (χ4n) is 2.04. The molecule has 0 saturated heterocycles. The van der Waals surface area contributed by atoms with Gasteiger partial charge in [0.25, 0.3) is 0 Å². The third kappa shape index (κ3) is 17.3. The maximum absolute atomic E-state index is 10.7. The van der Waals surface area contributed by atoms with Crippen LogP contribution in [0.25, 0.3) is 0 Å². The summed E-state index contributed by atoms with van der Waals surface area (Å²) in [6.45, 7) is 3.80. The van der Waals surface area contributed by atoms with Crippen molar-refractivity contribution in [3.05, 3.63) is 60.2 Å². The van der Waals surface area contributed by atoms with Crippen LogP contribution >= 0.6 is 0 Å². The minimum Gasteiger partial charge on any atom is -0.741 e. The molecule has 0 fully saturated rings.